The van der Waals surface area contributed by atoms with Crippen LogP contribution in [0.1, 0.15) is 38.7 Å². The van der Waals surface area contributed by atoms with Gasteiger partial charge in [0, 0.05) is 17.6 Å². The van der Waals surface area contributed by atoms with Crippen LogP contribution in [0.3, 0.4) is 0 Å². The van der Waals surface area contributed by atoms with Gasteiger partial charge in [0.05, 0.1) is 5.75 Å². The third kappa shape index (κ3) is 3.64. The van der Waals surface area contributed by atoms with Crippen LogP contribution >= 0.6 is 11.8 Å². The van der Waals surface area contributed by atoms with E-state index in [1.807, 2.05) is 36.1 Å². The first-order valence-electron chi connectivity index (χ1n) is 8.39. The fraction of sp³-hybridized carbons (Fsp3) is 0.500. The summed E-state index contributed by atoms with van der Waals surface area (Å²) in [7, 11) is 0. The van der Waals surface area contributed by atoms with E-state index < -0.39 is 0 Å². The SMILES string of the molecule is Cc1ccccc1-c1nnc(SCC(=O)N2C(C)CCCC2C)o1. The lowest BCUT2D eigenvalue weighted by Gasteiger charge is -2.39. The van der Waals surface area contributed by atoms with Crippen LogP contribution in [0.25, 0.3) is 11.5 Å². The first-order chi connectivity index (χ1) is 11.6. The highest BCUT2D eigenvalue weighted by atomic mass is 32.2. The fourth-order valence-electron chi connectivity index (χ4n) is 3.30. The molecule has 128 valence electrons. The molecular weight excluding hydrogens is 322 g/mol. The van der Waals surface area contributed by atoms with Crippen molar-refractivity contribution in [1.82, 2.24) is 15.1 Å². The lowest BCUT2D eigenvalue weighted by atomic mass is 9.98. The third-order valence-corrected chi connectivity index (χ3v) is 5.39. The Hall–Kier alpha value is -1.82. The maximum atomic E-state index is 12.5. The molecule has 0 N–H and O–H groups in total. The Morgan fingerprint density at radius 3 is 2.67 bits per heavy atom. The van der Waals surface area contributed by atoms with E-state index in [1.165, 1.54) is 18.2 Å². The predicted molar refractivity (Wildman–Crippen MR) is 94.8 cm³/mol. The molecule has 0 spiro atoms. The molecule has 2 heterocycles. The molecular formula is C18H23N3O2S. The van der Waals surface area contributed by atoms with Gasteiger partial charge in [0.1, 0.15) is 0 Å². The Balaban J connectivity index is 1.63. The van der Waals surface area contributed by atoms with Crippen molar-refractivity contribution in [3.05, 3.63) is 29.8 Å². The average molecular weight is 345 g/mol. The number of likely N-dealkylation sites (tertiary alicyclic amines) is 1. The van der Waals surface area contributed by atoms with Gasteiger partial charge < -0.3 is 9.32 Å². The molecule has 1 aliphatic rings. The molecule has 1 aromatic heterocycles. The van der Waals surface area contributed by atoms with Crippen LogP contribution in [0.4, 0.5) is 0 Å². The highest BCUT2D eigenvalue weighted by Gasteiger charge is 2.29. The van der Waals surface area contributed by atoms with E-state index in [9.17, 15) is 4.79 Å². The molecule has 5 nitrogen and oxygen atoms in total. The minimum Gasteiger partial charge on any atom is -0.411 e. The topological polar surface area (TPSA) is 59.2 Å². The Kier molecular flexibility index (Phi) is 5.23. The first kappa shape index (κ1) is 17.0. The minimum absolute atomic E-state index is 0.148. The molecule has 1 fully saturated rings. The van der Waals surface area contributed by atoms with Crippen molar-refractivity contribution in [3.8, 4) is 11.5 Å². The maximum absolute atomic E-state index is 12.5. The van der Waals surface area contributed by atoms with Crippen LogP contribution in [0.15, 0.2) is 33.9 Å². The summed E-state index contributed by atoms with van der Waals surface area (Å²) in [4.78, 5) is 14.5. The van der Waals surface area contributed by atoms with Crippen molar-refractivity contribution in [2.24, 2.45) is 0 Å². The number of aryl methyl sites for hydroxylation is 1. The van der Waals surface area contributed by atoms with Gasteiger partial charge in [0.25, 0.3) is 5.22 Å². The van der Waals surface area contributed by atoms with Crippen LogP contribution in [0, 0.1) is 6.92 Å². The van der Waals surface area contributed by atoms with Gasteiger partial charge >= 0.3 is 0 Å². The van der Waals surface area contributed by atoms with Crippen molar-refractivity contribution in [3.63, 3.8) is 0 Å². The summed E-state index contributed by atoms with van der Waals surface area (Å²) in [6.07, 6.45) is 3.36. The fourth-order valence-corrected chi connectivity index (χ4v) is 3.93. The van der Waals surface area contributed by atoms with E-state index in [2.05, 4.69) is 24.0 Å². The molecule has 3 rings (SSSR count). The maximum Gasteiger partial charge on any atom is 0.277 e. The zero-order chi connectivity index (χ0) is 17.1. The summed E-state index contributed by atoms with van der Waals surface area (Å²) in [5.41, 5.74) is 2.02. The zero-order valence-electron chi connectivity index (χ0n) is 14.4. The van der Waals surface area contributed by atoms with Gasteiger partial charge in [0.2, 0.25) is 11.8 Å². The Labute approximate surface area is 146 Å². The number of nitrogens with zero attached hydrogens (tertiary/aromatic N) is 3. The number of rotatable bonds is 4. The van der Waals surface area contributed by atoms with E-state index in [-0.39, 0.29) is 5.91 Å². The van der Waals surface area contributed by atoms with Crippen molar-refractivity contribution >= 4 is 17.7 Å². The predicted octanol–water partition coefficient (Wildman–Crippen LogP) is 3.93. The second-order valence-electron chi connectivity index (χ2n) is 6.41. The van der Waals surface area contributed by atoms with E-state index in [0.29, 0.717) is 29.0 Å². The van der Waals surface area contributed by atoms with E-state index >= 15 is 0 Å². The van der Waals surface area contributed by atoms with Gasteiger partial charge in [0.15, 0.2) is 0 Å². The molecule has 2 unspecified atom stereocenters. The smallest absolute Gasteiger partial charge is 0.277 e. The Morgan fingerprint density at radius 2 is 1.96 bits per heavy atom. The summed E-state index contributed by atoms with van der Waals surface area (Å²) in [5.74, 6) is 0.988. The van der Waals surface area contributed by atoms with Gasteiger partial charge in [-0.25, -0.2) is 0 Å². The number of aromatic nitrogens is 2. The molecule has 0 radical (unpaired) electrons. The van der Waals surface area contributed by atoms with Gasteiger partial charge in [-0.05, 0) is 51.7 Å². The monoisotopic (exact) mass is 345 g/mol. The molecule has 1 saturated heterocycles. The highest BCUT2D eigenvalue weighted by molar-refractivity contribution is 7.99. The van der Waals surface area contributed by atoms with Crippen LogP contribution in [0.2, 0.25) is 0 Å². The summed E-state index contributed by atoms with van der Waals surface area (Å²) in [6, 6.07) is 8.51. The van der Waals surface area contributed by atoms with Crippen LogP contribution in [0.5, 0.6) is 0 Å². The zero-order valence-corrected chi connectivity index (χ0v) is 15.2. The largest absolute Gasteiger partial charge is 0.411 e. The van der Waals surface area contributed by atoms with Gasteiger partial charge in [-0.1, -0.05) is 30.0 Å². The highest BCUT2D eigenvalue weighted by Crippen LogP contribution is 2.27. The second-order valence-corrected chi connectivity index (χ2v) is 7.33. The summed E-state index contributed by atoms with van der Waals surface area (Å²) in [6.45, 7) is 6.26. The average Bonchev–Trinajstić information content (AvgIpc) is 3.02. The first-order valence-corrected chi connectivity index (χ1v) is 9.38. The minimum atomic E-state index is 0.148. The number of hydrogen-bond donors (Lipinski definition) is 0. The number of hydrogen-bond acceptors (Lipinski definition) is 5. The Bertz CT molecular complexity index is 706. The van der Waals surface area contributed by atoms with Crippen LogP contribution in [-0.4, -0.2) is 38.8 Å². The molecule has 0 saturated carbocycles. The third-order valence-electron chi connectivity index (χ3n) is 4.58. The van der Waals surface area contributed by atoms with Gasteiger partial charge in [-0.3, -0.25) is 4.79 Å². The molecule has 0 aliphatic carbocycles. The lowest BCUT2D eigenvalue weighted by molar-refractivity contribution is -0.134. The molecule has 1 amide bonds. The number of carbonyl (C=O) groups excluding carboxylic acids is 1. The van der Waals surface area contributed by atoms with Gasteiger partial charge in [-0.15, -0.1) is 10.2 Å². The van der Waals surface area contributed by atoms with E-state index in [0.717, 1.165) is 24.0 Å². The molecule has 1 aromatic carbocycles. The Morgan fingerprint density at radius 1 is 1.25 bits per heavy atom. The second kappa shape index (κ2) is 7.38. The number of piperidine rings is 1. The molecule has 2 atom stereocenters. The van der Waals surface area contributed by atoms with Crippen molar-refractivity contribution < 1.29 is 9.21 Å². The van der Waals surface area contributed by atoms with E-state index in [1.54, 1.807) is 0 Å². The van der Waals surface area contributed by atoms with Crippen LogP contribution in [-0.2, 0) is 4.79 Å². The summed E-state index contributed by atoms with van der Waals surface area (Å²) < 4.78 is 5.71. The number of thioether (sulfide) groups is 1. The summed E-state index contributed by atoms with van der Waals surface area (Å²) >= 11 is 1.32. The quantitative estimate of drug-likeness (QED) is 0.786. The number of benzene rings is 1. The lowest BCUT2D eigenvalue weighted by Crippen LogP contribution is -2.48. The van der Waals surface area contributed by atoms with Crippen molar-refractivity contribution in [2.75, 3.05) is 5.75 Å². The number of carbonyl (C=O) groups is 1. The molecule has 6 heteroatoms. The normalized spacial score (nSPS) is 21.0. The van der Waals surface area contributed by atoms with Gasteiger partial charge in [-0.2, -0.15) is 0 Å². The van der Waals surface area contributed by atoms with E-state index in [4.69, 9.17) is 4.42 Å². The van der Waals surface area contributed by atoms with Crippen molar-refractivity contribution in [1.29, 1.82) is 0 Å². The van der Waals surface area contributed by atoms with Crippen LogP contribution < -0.4 is 0 Å². The molecule has 1 aliphatic heterocycles. The standard InChI is InChI=1S/C18H23N3O2S/c1-12-7-4-5-10-15(12)17-19-20-18(23-17)24-11-16(22)21-13(2)8-6-9-14(21)3/h4-5,7,10,13-14H,6,8-9,11H2,1-3H3. The molecule has 2 aromatic rings. The van der Waals surface area contributed by atoms with Crippen molar-refractivity contribution in [2.45, 2.75) is 57.3 Å². The molecule has 24 heavy (non-hydrogen) atoms. The summed E-state index contributed by atoms with van der Waals surface area (Å²) in [5, 5.41) is 8.61. The number of amides is 1. The molecule has 0 bridgehead atoms.